The average Bonchev–Trinajstić information content (AvgIpc) is 3.97. The Morgan fingerprint density at radius 2 is 1.65 bits per heavy atom. The Kier molecular flexibility index (Phi) is 16.7. The molecule has 4 aliphatic rings. The summed E-state index contributed by atoms with van der Waals surface area (Å²) in [7, 11) is 3.36. The molecule has 1 unspecified atom stereocenters. The molecule has 2 aromatic carbocycles. The van der Waals surface area contributed by atoms with Crippen LogP contribution in [0.4, 0.5) is 17.2 Å². The van der Waals surface area contributed by atoms with Gasteiger partial charge in [-0.2, -0.15) is 0 Å². The van der Waals surface area contributed by atoms with Crippen molar-refractivity contribution in [3.8, 4) is 5.75 Å². The zero-order chi connectivity index (χ0) is 46.6. The first kappa shape index (κ1) is 47.9. The molecular formula is C47H61N9O10. The minimum atomic E-state index is -0.724. The van der Waals surface area contributed by atoms with Crippen molar-refractivity contribution in [2.45, 2.75) is 89.4 Å². The molecule has 66 heavy (non-hydrogen) atoms. The maximum absolute atomic E-state index is 13.3. The number of hydrogen-bond acceptors (Lipinski definition) is 14. The topological polar surface area (TPSA) is 223 Å². The Morgan fingerprint density at radius 1 is 0.909 bits per heavy atom. The van der Waals surface area contributed by atoms with E-state index < -0.39 is 11.9 Å². The van der Waals surface area contributed by atoms with Crippen LogP contribution in [0.2, 0.25) is 0 Å². The van der Waals surface area contributed by atoms with Crippen LogP contribution in [-0.4, -0.2) is 142 Å². The molecule has 3 aliphatic heterocycles. The quantitative estimate of drug-likeness (QED) is 0.0794. The Labute approximate surface area is 384 Å². The fraction of sp³-hybridized carbons (Fsp3) is 0.532. The number of piperidine rings is 1. The molecule has 3 aromatic rings. The van der Waals surface area contributed by atoms with Crippen molar-refractivity contribution >= 4 is 52.6 Å². The summed E-state index contributed by atoms with van der Waals surface area (Å²) < 4.78 is 22.5. The molecular weight excluding hydrogens is 851 g/mol. The van der Waals surface area contributed by atoms with E-state index in [9.17, 15) is 28.8 Å². The van der Waals surface area contributed by atoms with Crippen molar-refractivity contribution in [1.29, 1.82) is 0 Å². The van der Waals surface area contributed by atoms with E-state index >= 15 is 0 Å². The van der Waals surface area contributed by atoms with E-state index in [2.05, 4.69) is 31.2 Å². The second kappa shape index (κ2) is 22.9. The number of methoxy groups -OCH3 is 1. The number of aromatic nitrogens is 2. The number of anilines is 3. The van der Waals surface area contributed by atoms with Gasteiger partial charge in [-0.15, -0.1) is 0 Å². The molecule has 2 atom stereocenters. The molecule has 19 nitrogen and oxygen atoms in total. The Hall–Kier alpha value is -6.02. The molecule has 1 saturated carbocycles. The number of rotatable bonds is 23. The number of amides is 6. The van der Waals surface area contributed by atoms with Crippen LogP contribution in [0.15, 0.2) is 42.6 Å². The highest BCUT2D eigenvalue weighted by Crippen LogP contribution is 2.40. The van der Waals surface area contributed by atoms with Crippen molar-refractivity contribution in [2.24, 2.45) is 0 Å². The molecule has 1 aromatic heterocycles. The van der Waals surface area contributed by atoms with Crippen LogP contribution < -0.4 is 35.8 Å². The van der Waals surface area contributed by atoms with Crippen LogP contribution in [0.25, 0.3) is 0 Å². The summed E-state index contributed by atoms with van der Waals surface area (Å²) in [6, 6.07) is 9.74. The number of nitrogens with zero attached hydrogens (tertiary/aromatic N) is 5. The molecule has 0 bridgehead atoms. The van der Waals surface area contributed by atoms with Gasteiger partial charge in [0.25, 0.3) is 11.8 Å². The third-order valence-electron chi connectivity index (χ3n) is 12.4. The van der Waals surface area contributed by atoms with Crippen LogP contribution in [0, 0.1) is 0 Å². The van der Waals surface area contributed by atoms with E-state index in [0.717, 1.165) is 42.8 Å². The number of hydrogen-bond donors (Lipinski definition) is 4. The minimum Gasteiger partial charge on any atom is -0.496 e. The number of carbonyl (C=O) groups excluding carboxylic acids is 6. The fourth-order valence-corrected chi connectivity index (χ4v) is 8.97. The summed E-state index contributed by atoms with van der Waals surface area (Å²) in [6.07, 6.45) is 7.87. The number of nitrogens with one attached hydrogen (secondary N) is 4. The van der Waals surface area contributed by atoms with Crippen molar-refractivity contribution in [3.05, 3.63) is 70.7 Å². The lowest BCUT2D eigenvalue weighted by atomic mass is 10.0. The van der Waals surface area contributed by atoms with Crippen LogP contribution in [0.3, 0.4) is 0 Å². The second-order valence-electron chi connectivity index (χ2n) is 16.7. The van der Waals surface area contributed by atoms with Gasteiger partial charge in [-0.05, 0) is 49.9 Å². The van der Waals surface area contributed by atoms with Crippen molar-refractivity contribution in [2.75, 3.05) is 88.5 Å². The molecule has 1 saturated heterocycles. The first-order valence-corrected chi connectivity index (χ1v) is 22.9. The Morgan fingerprint density at radius 3 is 2.38 bits per heavy atom. The zero-order valence-electron chi connectivity index (χ0n) is 38.0. The molecule has 0 radical (unpaired) electrons. The summed E-state index contributed by atoms with van der Waals surface area (Å²) in [4.78, 5) is 90.9. The standard InChI is InChI=1S/C47H61N9O10/c1-4-36-47(62)54(2)38-28-50-40(52-43(38)56(36)32-8-5-6-9-32)27-30-12-13-31(26-39(30)63-3)44(59)49-19-21-65-23-25-66-24-22-64-20-18-48-17-16-42(58)51-35-11-7-10-33-34(35)29-55(46(33)61)37-14-15-41(57)53-45(37)60/h7,10-13,26,28,32,36-37,48H,4-6,8-9,14-25,27,29H2,1-3H3,(H,49,59)(H,51,58)(H,53,57,60)/t36-,37?/m1/s1. The zero-order valence-corrected chi connectivity index (χ0v) is 38.0. The third-order valence-corrected chi connectivity index (χ3v) is 12.4. The monoisotopic (exact) mass is 911 g/mol. The maximum atomic E-state index is 13.3. The van der Waals surface area contributed by atoms with E-state index in [1.54, 1.807) is 55.6 Å². The van der Waals surface area contributed by atoms with Gasteiger partial charge in [0.05, 0.1) is 52.9 Å². The summed E-state index contributed by atoms with van der Waals surface area (Å²) >= 11 is 0. The Bertz CT molecular complexity index is 2250. The lowest BCUT2D eigenvalue weighted by Gasteiger charge is -2.43. The summed E-state index contributed by atoms with van der Waals surface area (Å²) in [5, 5.41) is 11.2. The molecule has 2 fully saturated rings. The van der Waals surface area contributed by atoms with Crippen LogP contribution in [-0.2, 0) is 46.4 Å². The van der Waals surface area contributed by atoms with Gasteiger partial charge in [-0.25, -0.2) is 9.97 Å². The highest BCUT2D eigenvalue weighted by molar-refractivity contribution is 6.07. The second-order valence-corrected chi connectivity index (χ2v) is 16.7. The largest absolute Gasteiger partial charge is 0.496 e. The summed E-state index contributed by atoms with van der Waals surface area (Å²) in [5.41, 5.74) is 3.64. The van der Waals surface area contributed by atoms with Gasteiger partial charge in [0.1, 0.15) is 29.3 Å². The van der Waals surface area contributed by atoms with Gasteiger partial charge < -0.3 is 49.6 Å². The Balaban J connectivity index is 0.725. The van der Waals surface area contributed by atoms with Crippen molar-refractivity contribution in [1.82, 2.24) is 30.8 Å². The van der Waals surface area contributed by atoms with Gasteiger partial charge in [0, 0.05) is 86.5 Å². The van der Waals surface area contributed by atoms with Crippen LogP contribution in [0.5, 0.6) is 5.75 Å². The van der Waals surface area contributed by atoms with Gasteiger partial charge in [0.2, 0.25) is 23.6 Å². The predicted octanol–water partition coefficient (Wildman–Crippen LogP) is 2.74. The van der Waals surface area contributed by atoms with E-state index in [4.69, 9.17) is 23.9 Å². The smallest absolute Gasteiger partial charge is 0.255 e. The van der Waals surface area contributed by atoms with E-state index in [1.807, 2.05) is 13.0 Å². The van der Waals surface area contributed by atoms with Crippen molar-refractivity contribution in [3.63, 3.8) is 0 Å². The normalized spacial score (nSPS) is 18.4. The van der Waals surface area contributed by atoms with E-state index in [1.165, 1.54) is 4.90 Å². The minimum absolute atomic E-state index is 0.0741. The van der Waals surface area contributed by atoms with Crippen molar-refractivity contribution < 1.29 is 47.7 Å². The number of benzene rings is 2. The van der Waals surface area contributed by atoms with Gasteiger partial charge in [-0.3, -0.25) is 34.1 Å². The number of fused-ring (bicyclic) bond motifs is 2. The number of imide groups is 1. The summed E-state index contributed by atoms with van der Waals surface area (Å²) in [6.45, 7) is 5.77. The first-order chi connectivity index (χ1) is 32.1. The molecule has 4 heterocycles. The van der Waals surface area contributed by atoms with Gasteiger partial charge in [0.15, 0.2) is 5.82 Å². The number of carbonyl (C=O) groups is 6. The highest BCUT2D eigenvalue weighted by atomic mass is 16.5. The molecule has 19 heteroatoms. The predicted molar refractivity (Wildman–Crippen MR) is 243 cm³/mol. The molecule has 4 N–H and O–H groups in total. The molecule has 7 rings (SSSR count). The van der Waals surface area contributed by atoms with Crippen LogP contribution >= 0.6 is 0 Å². The van der Waals surface area contributed by atoms with Gasteiger partial charge >= 0.3 is 0 Å². The lowest BCUT2D eigenvalue weighted by molar-refractivity contribution is -0.137. The maximum Gasteiger partial charge on any atom is 0.255 e. The third kappa shape index (κ3) is 11.5. The molecule has 354 valence electrons. The average molecular weight is 912 g/mol. The number of ether oxygens (including phenoxy) is 4. The van der Waals surface area contributed by atoms with E-state index in [-0.39, 0.29) is 67.4 Å². The lowest BCUT2D eigenvalue weighted by Crippen LogP contribution is -2.55. The SMILES string of the molecule is CC[C@@H]1C(=O)N(C)c2cnc(Cc3ccc(C(=O)NCCOCCOCCOCCNCCC(=O)Nc4cccc5c4CN(C4CCC(=O)NC4=O)C5=O)cc3OC)nc2N1C1CCCC1. The molecule has 6 amide bonds. The van der Waals surface area contributed by atoms with Gasteiger partial charge in [-0.1, -0.05) is 31.9 Å². The fourth-order valence-electron chi connectivity index (χ4n) is 8.97. The molecule has 0 spiro atoms. The number of likely N-dealkylation sites (N-methyl/N-ethyl adjacent to an activating group) is 1. The highest BCUT2D eigenvalue weighted by Gasteiger charge is 2.42. The molecule has 1 aliphatic carbocycles. The van der Waals surface area contributed by atoms with Crippen LogP contribution in [0.1, 0.15) is 96.0 Å². The van der Waals surface area contributed by atoms with E-state index in [0.29, 0.717) is 106 Å². The first-order valence-electron chi connectivity index (χ1n) is 22.9. The summed E-state index contributed by atoms with van der Waals surface area (Å²) in [5.74, 6) is 0.462.